The Balaban J connectivity index is 2.49. The summed E-state index contributed by atoms with van der Waals surface area (Å²) in [5.74, 6) is 0. The van der Waals surface area contributed by atoms with Gasteiger partial charge in [-0.25, -0.2) is 4.99 Å². The third-order valence-corrected chi connectivity index (χ3v) is 3.32. The number of halogens is 1. The SMILES string of the molecule is CCC1=CSc2ccccc2C(Cl)=N1. The number of aliphatic imine (C=N–C) groups is 1. The lowest BCUT2D eigenvalue weighted by molar-refractivity contribution is 1.08. The molecule has 1 aromatic carbocycles. The fourth-order valence-electron chi connectivity index (χ4n) is 1.25. The van der Waals surface area contributed by atoms with Crippen molar-refractivity contribution in [2.45, 2.75) is 18.2 Å². The van der Waals surface area contributed by atoms with E-state index in [1.54, 1.807) is 11.8 Å². The second kappa shape index (κ2) is 4.20. The van der Waals surface area contributed by atoms with Crippen molar-refractivity contribution in [3.63, 3.8) is 0 Å². The maximum absolute atomic E-state index is 6.12. The largest absolute Gasteiger partial charge is 0.240 e. The van der Waals surface area contributed by atoms with Crippen molar-refractivity contribution < 1.29 is 0 Å². The van der Waals surface area contributed by atoms with E-state index in [9.17, 15) is 0 Å². The lowest BCUT2D eigenvalue weighted by Crippen LogP contribution is -1.92. The fraction of sp³-hybridized carbons (Fsp3) is 0.182. The van der Waals surface area contributed by atoms with Gasteiger partial charge in [-0.2, -0.15) is 0 Å². The number of rotatable bonds is 1. The van der Waals surface area contributed by atoms with Crippen LogP contribution in [-0.4, -0.2) is 5.17 Å². The van der Waals surface area contributed by atoms with Crippen LogP contribution in [0, 0.1) is 0 Å². The van der Waals surface area contributed by atoms with E-state index in [0.717, 1.165) is 17.7 Å². The molecule has 1 nitrogen and oxygen atoms in total. The van der Waals surface area contributed by atoms with Gasteiger partial charge in [-0.1, -0.05) is 48.5 Å². The van der Waals surface area contributed by atoms with Gasteiger partial charge in [-0.3, -0.25) is 0 Å². The lowest BCUT2D eigenvalue weighted by atomic mass is 10.2. The molecule has 72 valence electrons. The molecule has 0 aliphatic carbocycles. The van der Waals surface area contributed by atoms with E-state index in [2.05, 4.69) is 23.4 Å². The zero-order valence-corrected chi connectivity index (χ0v) is 9.40. The highest BCUT2D eigenvalue weighted by molar-refractivity contribution is 8.02. The lowest BCUT2D eigenvalue weighted by Gasteiger charge is -2.01. The molecule has 1 heterocycles. The summed E-state index contributed by atoms with van der Waals surface area (Å²) in [6.07, 6.45) is 0.914. The second-order valence-electron chi connectivity index (χ2n) is 2.98. The van der Waals surface area contributed by atoms with Crippen molar-refractivity contribution in [1.82, 2.24) is 0 Å². The molecule has 0 saturated carbocycles. The monoisotopic (exact) mass is 223 g/mol. The normalized spacial score (nSPS) is 15.3. The molecule has 0 saturated heterocycles. The van der Waals surface area contributed by atoms with Gasteiger partial charge in [-0.15, -0.1) is 0 Å². The van der Waals surface area contributed by atoms with Crippen LogP contribution in [0.1, 0.15) is 18.9 Å². The van der Waals surface area contributed by atoms with E-state index in [4.69, 9.17) is 11.6 Å². The maximum atomic E-state index is 6.12. The van der Waals surface area contributed by atoms with Gasteiger partial charge in [0.25, 0.3) is 0 Å². The van der Waals surface area contributed by atoms with Gasteiger partial charge in [0.2, 0.25) is 0 Å². The topological polar surface area (TPSA) is 12.4 Å². The highest BCUT2D eigenvalue weighted by Crippen LogP contribution is 2.30. The number of benzene rings is 1. The molecule has 0 amide bonds. The van der Waals surface area contributed by atoms with Crippen molar-refractivity contribution in [1.29, 1.82) is 0 Å². The van der Waals surface area contributed by atoms with Gasteiger partial charge in [0.05, 0.1) is 0 Å². The standard InChI is InChI=1S/C11H10ClNS/c1-2-8-7-14-10-6-4-3-5-9(10)11(12)13-8/h3-7H,2H2,1H3. The summed E-state index contributed by atoms with van der Waals surface area (Å²) in [5, 5.41) is 2.66. The van der Waals surface area contributed by atoms with Crippen LogP contribution >= 0.6 is 23.4 Å². The van der Waals surface area contributed by atoms with E-state index in [1.165, 1.54) is 4.90 Å². The molecule has 0 aromatic heterocycles. The third-order valence-electron chi connectivity index (χ3n) is 2.04. The Bertz CT molecular complexity index is 410. The minimum Gasteiger partial charge on any atom is -0.240 e. The molecule has 3 heteroatoms. The first-order valence-electron chi connectivity index (χ1n) is 4.50. The van der Waals surface area contributed by atoms with Crippen molar-refractivity contribution in [3.05, 3.63) is 40.9 Å². The molecule has 1 aromatic rings. The Morgan fingerprint density at radius 3 is 2.93 bits per heavy atom. The Kier molecular flexibility index (Phi) is 2.94. The van der Waals surface area contributed by atoms with Crippen LogP contribution in [0.5, 0.6) is 0 Å². The number of hydrogen-bond acceptors (Lipinski definition) is 2. The molecular formula is C11H10ClNS. The van der Waals surface area contributed by atoms with Crippen LogP contribution in [-0.2, 0) is 0 Å². The average Bonchev–Trinajstić information content (AvgIpc) is 2.39. The van der Waals surface area contributed by atoms with Gasteiger partial charge in [0, 0.05) is 16.2 Å². The summed E-state index contributed by atoms with van der Waals surface area (Å²) in [4.78, 5) is 5.53. The zero-order chi connectivity index (χ0) is 9.97. The fourth-order valence-corrected chi connectivity index (χ4v) is 2.51. The molecule has 1 aliphatic rings. The van der Waals surface area contributed by atoms with E-state index in [0.29, 0.717) is 5.17 Å². The summed E-state index contributed by atoms with van der Waals surface area (Å²) in [7, 11) is 0. The molecule has 0 spiro atoms. The molecule has 0 unspecified atom stereocenters. The minimum absolute atomic E-state index is 0.596. The first-order chi connectivity index (χ1) is 6.81. The quantitative estimate of drug-likeness (QED) is 0.700. The van der Waals surface area contributed by atoms with Crippen LogP contribution in [0.15, 0.2) is 45.3 Å². The van der Waals surface area contributed by atoms with Gasteiger partial charge in [0.15, 0.2) is 0 Å². The molecule has 0 bridgehead atoms. The predicted molar refractivity (Wildman–Crippen MR) is 63.1 cm³/mol. The predicted octanol–water partition coefficient (Wildman–Crippen LogP) is 4.03. The van der Waals surface area contributed by atoms with Crippen LogP contribution < -0.4 is 0 Å². The minimum atomic E-state index is 0.596. The number of allylic oxidation sites excluding steroid dienone is 1. The summed E-state index contributed by atoms with van der Waals surface area (Å²) in [6, 6.07) is 8.06. The summed E-state index contributed by atoms with van der Waals surface area (Å²) in [6.45, 7) is 2.08. The first kappa shape index (κ1) is 9.81. The van der Waals surface area contributed by atoms with Crippen LogP contribution in [0.3, 0.4) is 0 Å². The van der Waals surface area contributed by atoms with E-state index in [-0.39, 0.29) is 0 Å². The molecular weight excluding hydrogens is 214 g/mol. The van der Waals surface area contributed by atoms with E-state index in [1.807, 2.05) is 18.2 Å². The second-order valence-corrected chi connectivity index (χ2v) is 4.25. The molecule has 0 radical (unpaired) electrons. The Morgan fingerprint density at radius 1 is 1.36 bits per heavy atom. The molecule has 2 rings (SSSR count). The van der Waals surface area contributed by atoms with Crippen molar-refractivity contribution in [2.24, 2.45) is 4.99 Å². The first-order valence-corrected chi connectivity index (χ1v) is 5.76. The summed E-state index contributed by atoms with van der Waals surface area (Å²) >= 11 is 7.81. The molecule has 1 aliphatic heterocycles. The van der Waals surface area contributed by atoms with Crippen molar-refractivity contribution in [3.8, 4) is 0 Å². The average molecular weight is 224 g/mol. The van der Waals surface area contributed by atoms with E-state index >= 15 is 0 Å². The Hall–Kier alpha value is -0.730. The molecule has 0 atom stereocenters. The highest BCUT2D eigenvalue weighted by Gasteiger charge is 2.10. The van der Waals surface area contributed by atoms with Crippen LogP contribution in [0.25, 0.3) is 0 Å². The Morgan fingerprint density at radius 2 is 2.14 bits per heavy atom. The molecule has 14 heavy (non-hydrogen) atoms. The number of nitrogens with zero attached hydrogens (tertiary/aromatic N) is 1. The van der Waals surface area contributed by atoms with Gasteiger partial charge < -0.3 is 0 Å². The number of fused-ring (bicyclic) bond motifs is 1. The van der Waals surface area contributed by atoms with Gasteiger partial charge >= 0.3 is 0 Å². The van der Waals surface area contributed by atoms with Crippen molar-refractivity contribution >= 4 is 28.5 Å². The van der Waals surface area contributed by atoms with Gasteiger partial charge in [0.1, 0.15) is 5.17 Å². The zero-order valence-electron chi connectivity index (χ0n) is 7.83. The maximum Gasteiger partial charge on any atom is 0.137 e. The van der Waals surface area contributed by atoms with E-state index < -0.39 is 0 Å². The highest BCUT2D eigenvalue weighted by atomic mass is 35.5. The van der Waals surface area contributed by atoms with Crippen LogP contribution in [0.4, 0.5) is 0 Å². The Labute approximate surface area is 92.9 Å². The van der Waals surface area contributed by atoms with Crippen LogP contribution in [0.2, 0.25) is 0 Å². The number of thioether (sulfide) groups is 1. The summed E-state index contributed by atoms with van der Waals surface area (Å²) in [5.41, 5.74) is 2.06. The third kappa shape index (κ3) is 1.86. The summed E-state index contributed by atoms with van der Waals surface area (Å²) < 4.78 is 0. The smallest absolute Gasteiger partial charge is 0.137 e. The van der Waals surface area contributed by atoms with Gasteiger partial charge in [-0.05, 0) is 17.9 Å². The molecule has 0 N–H and O–H groups in total. The molecule has 0 fully saturated rings. The number of hydrogen-bond donors (Lipinski definition) is 0. The van der Waals surface area contributed by atoms with Crippen molar-refractivity contribution in [2.75, 3.05) is 0 Å².